The van der Waals surface area contributed by atoms with Gasteiger partial charge in [-0.3, -0.25) is 0 Å². The summed E-state index contributed by atoms with van der Waals surface area (Å²) in [6, 6.07) is 0. The van der Waals surface area contributed by atoms with Crippen LogP contribution in [0.25, 0.3) is 0 Å². The molecule has 16 heavy (non-hydrogen) atoms. The molecule has 0 aliphatic heterocycles. The van der Waals surface area contributed by atoms with Gasteiger partial charge in [-0.1, -0.05) is 58.9 Å². The molecule has 0 saturated carbocycles. The summed E-state index contributed by atoms with van der Waals surface area (Å²) in [5.74, 6) is 0. The molecule has 4 heteroatoms. The second-order valence-corrected chi connectivity index (χ2v) is 23.0. The van der Waals surface area contributed by atoms with Crippen molar-refractivity contribution in [3.8, 4) is 0 Å². The number of rotatable bonds is 0. The third kappa shape index (κ3) is 1390. The van der Waals surface area contributed by atoms with Gasteiger partial charge in [-0.2, -0.15) is 0 Å². The van der Waals surface area contributed by atoms with Crippen molar-refractivity contribution < 1.29 is 26.2 Å². The molecule has 0 aliphatic rings. The predicted octanol–water partition coefficient (Wildman–Crippen LogP) is 5.09. The molecule has 0 aromatic heterocycles. The van der Waals surface area contributed by atoms with Gasteiger partial charge in [0.05, 0.1) is 0 Å². The molecule has 0 fully saturated rings. The number of hydrogen-bond donors (Lipinski definition) is 0. The van der Waals surface area contributed by atoms with Gasteiger partial charge in [-0.25, -0.2) is 0 Å². The number of hydrogen-bond acceptors (Lipinski definition) is 0. The Morgan fingerprint density at radius 3 is 0.438 bits per heavy atom. The summed E-state index contributed by atoms with van der Waals surface area (Å²) in [5, 5.41) is 0. The van der Waals surface area contributed by atoms with Gasteiger partial charge in [0, 0.05) is 0 Å². The fraction of sp³-hybridized carbons (Fsp3) is 0.750. The van der Waals surface area contributed by atoms with Gasteiger partial charge in [0.2, 0.25) is 0 Å². The molecule has 0 nitrogen and oxygen atoms in total. The van der Waals surface area contributed by atoms with E-state index < -0.39 is 24.2 Å². The Kier molecular flexibility index (Phi) is 17.1. The maximum atomic E-state index is 3.91. The van der Waals surface area contributed by atoms with Gasteiger partial charge in [0.1, 0.15) is 0 Å². The van der Waals surface area contributed by atoms with E-state index in [0.717, 1.165) is 0 Å². The molecule has 0 rings (SSSR count). The summed E-state index contributed by atoms with van der Waals surface area (Å²) in [5.41, 5.74) is 0. The quantitative estimate of drug-likeness (QED) is 0.420. The normalized spacial score (nSPS) is 11.2. The van der Waals surface area contributed by atoms with Crippen LogP contribution in [-0.4, -0.2) is 24.2 Å². The molecule has 0 unspecified atom stereocenters. The SMILES string of the molecule is [CH2-][Si](C)(C)C.[CH2-][Si](C)(C)C.[CH2-][Si](C)(C)C.[Zr+3]. The smallest absolute Gasteiger partial charge is 0.342 e. The van der Waals surface area contributed by atoms with Crippen molar-refractivity contribution >= 4 is 24.2 Å². The second-order valence-electron chi connectivity index (χ2n) is 7.68. The van der Waals surface area contributed by atoms with E-state index in [4.69, 9.17) is 0 Å². The van der Waals surface area contributed by atoms with Crippen LogP contribution in [0.4, 0.5) is 0 Å². The van der Waals surface area contributed by atoms with Crippen molar-refractivity contribution in [2.45, 2.75) is 58.9 Å². The van der Waals surface area contributed by atoms with Gasteiger partial charge < -0.3 is 19.6 Å². The maximum Gasteiger partial charge on any atom is 3.00 e. The Morgan fingerprint density at radius 2 is 0.438 bits per heavy atom. The third-order valence-electron chi connectivity index (χ3n) is 0. The van der Waals surface area contributed by atoms with Crippen LogP contribution in [0.5, 0.6) is 0 Å². The second kappa shape index (κ2) is 10.5. The van der Waals surface area contributed by atoms with Crippen molar-refractivity contribution in [1.82, 2.24) is 0 Å². The van der Waals surface area contributed by atoms with Gasteiger partial charge in [-0.05, 0) is 0 Å². The fourth-order valence-corrected chi connectivity index (χ4v) is 0. The maximum absolute atomic E-state index is 3.91. The molecule has 1 radical (unpaired) electrons. The van der Waals surface area contributed by atoms with Crippen LogP contribution in [0, 0.1) is 19.6 Å². The zero-order valence-corrected chi connectivity index (χ0v) is 18.6. The van der Waals surface area contributed by atoms with Crippen LogP contribution in [-0.2, 0) is 26.2 Å². The van der Waals surface area contributed by atoms with Crippen LogP contribution in [0.2, 0.25) is 58.9 Å². The summed E-state index contributed by atoms with van der Waals surface area (Å²) in [6.45, 7) is 31.7. The standard InChI is InChI=1S/3C4H11Si.Zr/c3*1-5(2,3)4;/h3*1H2,2-4H3;/q3*-1;+3. The summed E-state index contributed by atoms with van der Waals surface area (Å²) < 4.78 is 0. The molecule has 97 valence electrons. The molecule has 0 aliphatic carbocycles. The van der Waals surface area contributed by atoms with Crippen molar-refractivity contribution in [3.05, 3.63) is 19.6 Å². The Morgan fingerprint density at radius 1 is 0.438 bits per heavy atom. The van der Waals surface area contributed by atoms with E-state index in [-0.39, 0.29) is 26.2 Å². The topological polar surface area (TPSA) is 0 Å². The molecule has 0 heterocycles. The van der Waals surface area contributed by atoms with Crippen LogP contribution in [0.1, 0.15) is 0 Å². The average molecular weight is 353 g/mol. The molecule has 0 bridgehead atoms. The van der Waals surface area contributed by atoms with Crippen LogP contribution in [0.15, 0.2) is 0 Å². The van der Waals surface area contributed by atoms with E-state index >= 15 is 0 Å². The molecular weight excluding hydrogens is 320 g/mol. The molecule has 0 spiro atoms. The first-order valence-corrected chi connectivity index (χ1v) is 16.7. The van der Waals surface area contributed by atoms with Gasteiger partial charge in [0.15, 0.2) is 0 Å². The molecule has 0 aromatic rings. The first kappa shape index (κ1) is 26.2. The van der Waals surface area contributed by atoms with E-state index in [1.54, 1.807) is 0 Å². The van der Waals surface area contributed by atoms with Gasteiger partial charge in [-0.15, -0.1) is 24.2 Å². The van der Waals surface area contributed by atoms with Crippen molar-refractivity contribution in [2.75, 3.05) is 0 Å². The first-order chi connectivity index (χ1) is 6.00. The predicted molar refractivity (Wildman–Crippen MR) is 86.1 cm³/mol. The Balaban J connectivity index is -0.0000000655. The first-order valence-electron chi connectivity index (χ1n) is 5.56. The summed E-state index contributed by atoms with van der Waals surface area (Å²) in [7, 11) is -2.58. The molecule has 0 aromatic carbocycles. The van der Waals surface area contributed by atoms with Gasteiger partial charge in [0.25, 0.3) is 0 Å². The van der Waals surface area contributed by atoms with Crippen LogP contribution < -0.4 is 0 Å². The average Bonchev–Trinajstić information content (AvgIpc) is 1.41. The van der Waals surface area contributed by atoms with E-state index in [0.29, 0.717) is 0 Å². The molecule has 0 saturated heterocycles. The van der Waals surface area contributed by atoms with Crippen molar-refractivity contribution in [1.29, 1.82) is 0 Å². The molecule has 0 amide bonds. The monoisotopic (exact) mass is 351 g/mol. The van der Waals surface area contributed by atoms with E-state index in [1.165, 1.54) is 0 Å². The Bertz CT molecular complexity index is 91.3. The molecule has 0 atom stereocenters. The largest absolute Gasteiger partial charge is 3.00 e. The fourth-order valence-electron chi connectivity index (χ4n) is 0. The Labute approximate surface area is 128 Å². The van der Waals surface area contributed by atoms with Crippen LogP contribution in [0.3, 0.4) is 0 Å². The van der Waals surface area contributed by atoms with Crippen molar-refractivity contribution in [2.24, 2.45) is 0 Å². The molecule has 0 N–H and O–H groups in total. The minimum absolute atomic E-state index is 0. The van der Waals surface area contributed by atoms with Crippen LogP contribution >= 0.6 is 0 Å². The van der Waals surface area contributed by atoms with E-state index in [9.17, 15) is 0 Å². The minimum Gasteiger partial charge on any atom is -0.342 e. The summed E-state index contributed by atoms with van der Waals surface area (Å²) in [4.78, 5) is 0. The third-order valence-corrected chi connectivity index (χ3v) is 0. The summed E-state index contributed by atoms with van der Waals surface area (Å²) in [6.07, 6.45) is 0. The zero-order chi connectivity index (χ0) is 13.5. The van der Waals surface area contributed by atoms with E-state index in [1.807, 2.05) is 0 Å². The summed E-state index contributed by atoms with van der Waals surface area (Å²) >= 11 is 0. The van der Waals surface area contributed by atoms with E-state index in [2.05, 4.69) is 78.6 Å². The Hall–Kier alpha value is 1.53. The zero-order valence-electron chi connectivity index (χ0n) is 13.1. The minimum atomic E-state index is -0.861. The molecular formula is C12H33Si3Zr. The van der Waals surface area contributed by atoms with Crippen molar-refractivity contribution in [3.63, 3.8) is 0 Å². The van der Waals surface area contributed by atoms with Gasteiger partial charge >= 0.3 is 26.2 Å².